The number of phenols is 1. The van der Waals surface area contributed by atoms with Crippen molar-refractivity contribution in [2.24, 2.45) is 0 Å². The second-order valence-corrected chi connectivity index (χ2v) is 8.05. The highest BCUT2D eigenvalue weighted by molar-refractivity contribution is 5.90. The zero-order valence-electron chi connectivity index (χ0n) is 17.8. The number of carbonyl (C=O) groups is 2. The lowest BCUT2D eigenvalue weighted by molar-refractivity contribution is -0.114. The van der Waals surface area contributed by atoms with Crippen molar-refractivity contribution < 1.29 is 19.1 Å². The zero-order chi connectivity index (χ0) is 22.7. The number of halogens is 1. The summed E-state index contributed by atoms with van der Waals surface area (Å²) in [5.74, 6) is -0.395. The van der Waals surface area contributed by atoms with E-state index in [0.29, 0.717) is 22.5 Å². The van der Waals surface area contributed by atoms with Crippen LogP contribution in [-0.2, 0) is 11.3 Å². The molecule has 7 nitrogen and oxygen atoms in total. The van der Waals surface area contributed by atoms with Crippen LogP contribution in [0.25, 0.3) is 11.3 Å². The second-order valence-electron chi connectivity index (χ2n) is 8.05. The predicted molar refractivity (Wildman–Crippen MR) is 119 cm³/mol. The summed E-state index contributed by atoms with van der Waals surface area (Å²) in [5.41, 5.74) is 2.81. The van der Waals surface area contributed by atoms with Gasteiger partial charge in [-0.05, 0) is 54.8 Å². The van der Waals surface area contributed by atoms with Crippen LogP contribution >= 0.6 is 0 Å². The second kappa shape index (κ2) is 9.21. The molecule has 1 aromatic heterocycles. The number of phenolic OH excluding ortho intramolecular Hbond substituents is 1. The minimum absolute atomic E-state index is 0.00175. The topological polar surface area (TPSA) is 96.2 Å². The summed E-state index contributed by atoms with van der Waals surface area (Å²) in [4.78, 5) is 24.4. The summed E-state index contributed by atoms with van der Waals surface area (Å²) < 4.78 is 14.8. The highest BCUT2D eigenvalue weighted by Gasteiger charge is 2.26. The van der Waals surface area contributed by atoms with Gasteiger partial charge in [0.15, 0.2) is 0 Å². The molecule has 2 amide bonds. The van der Waals surface area contributed by atoms with E-state index in [2.05, 4.69) is 15.7 Å². The van der Waals surface area contributed by atoms with Crippen LogP contribution in [0, 0.1) is 5.82 Å². The quantitative estimate of drug-likeness (QED) is 0.502. The lowest BCUT2D eigenvalue weighted by Gasteiger charge is -2.12. The first-order valence-electron chi connectivity index (χ1n) is 10.6. The number of aromatic hydroxyl groups is 1. The summed E-state index contributed by atoms with van der Waals surface area (Å²) in [6.07, 6.45) is 4.08. The Hall–Kier alpha value is -3.68. The summed E-state index contributed by atoms with van der Waals surface area (Å²) in [7, 11) is 0. The maximum absolute atomic E-state index is 13.4. The Morgan fingerprint density at radius 2 is 1.94 bits per heavy atom. The van der Waals surface area contributed by atoms with E-state index in [1.165, 1.54) is 29.8 Å². The van der Waals surface area contributed by atoms with E-state index in [-0.39, 0.29) is 29.9 Å². The number of amides is 2. The number of nitrogens with zero attached hydrogens (tertiary/aromatic N) is 2. The van der Waals surface area contributed by atoms with Gasteiger partial charge in [0.2, 0.25) is 5.91 Å². The van der Waals surface area contributed by atoms with Gasteiger partial charge < -0.3 is 15.7 Å². The van der Waals surface area contributed by atoms with E-state index < -0.39 is 6.03 Å². The minimum Gasteiger partial charge on any atom is -0.507 e. The molecule has 0 saturated heterocycles. The standard InChI is InChI=1S/C24H25FN4O3/c1-15(30)27-19-9-10-23(31)20(12-19)21-13-22(17-6-2-3-7-17)29(28-21)24(32)26-14-16-5-4-8-18(25)11-16/h4-5,8-13,17,31H,2-3,6-7,14H2,1H3,(H,26,32)(H,27,30). The fraction of sp³-hybridized carbons (Fsp3) is 0.292. The summed E-state index contributed by atoms with van der Waals surface area (Å²) in [6.45, 7) is 1.57. The number of hydrogen-bond donors (Lipinski definition) is 3. The van der Waals surface area contributed by atoms with Crippen LogP contribution in [0.15, 0.2) is 48.5 Å². The van der Waals surface area contributed by atoms with Gasteiger partial charge in [-0.15, -0.1) is 0 Å². The molecule has 1 fully saturated rings. The van der Waals surface area contributed by atoms with Crippen molar-refractivity contribution in [1.82, 2.24) is 15.1 Å². The third-order valence-electron chi connectivity index (χ3n) is 5.63. The number of anilines is 1. The lowest BCUT2D eigenvalue weighted by Crippen LogP contribution is -2.30. The Morgan fingerprint density at radius 3 is 2.66 bits per heavy atom. The molecular formula is C24H25FN4O3. The van der Waals surface area contributed by atoms with Crippen molar-refractivity contribution >= 4 is 17.6 Å². The molecule has 0 spiro atoms. The third-order valence-corrected chi connectivity index (χ3v) is 5.63. The van der Waals surface area contributed by atoms with Crippen LogP contribution in [0.2, 0.25) is 0 Å². The maximum Gasteiger partial charge on any atom is 0.342 e. The van der Waals surface area contributed by atoms with Crippen LogP contribution in [0.4, 0.5) is 14.9 Å². The first kappa shape index (κ1) is 21.5. The molecule has 1 heterocycles. The average molecular weight is 436 g/mol. The SMILES string of the molecule is CC(=O)Nc1ccc(O)c(-c2cc(C3CCCC3)n(C(=O)NCc3cccc(F)c3)n2)c1. The fourth-order valence-electron chi connectivity index (χ4n) is 4.12. The van der Waals surface area contributed by atoms with Crippen molar-refractivity contribution in [2.75, 3.05) is 5.32 Å². The number of rotatable bonds is 5. The summed E-state index contributed by atoms with van der Waals surface area (Å²) >= 11 is 0. The Bertz CT molecular complexity index is 1150. The highest BCUT2D eigenvalue weighted by Crippen LogP contribution is 2.38. The van der Waals surface area contributed by atoms with Crippen LogP contribution in [0.3, 0.4) is 0 Å². The van der Waals surface area contributed by atoms with Crippen molar-refractivity contribution in [3.05, 3.63) is 65.6 Å². The van der Waals surface area contributed by atoms with Crippen LogP contribution in [0.5, 0.6) is 5.75 Å². The molecule has 0 bridgehead atoms. The molecule has 0 radical (unpaired) electrons. The number of benzene rings is 2. The van der Waals surface area contributed by atoms with Gasteiger partial charge in [-0.3, -0.25) is 4.79 Å². The number of carbonyl (C=O) groups excluding carboxylic acids is 2. The Morgan fingerprint density at radius 1 is 1.16 bits per heavy atom. The average Bonchev–Trinajstić information content (AvgIpc) is 3.43. The molecule has 1 saturated carbocycles. The largest absolute Gasteiger partial charge is 0.507 e. The fourth-order valence-corrected chi connectivity index (χ4v) is 4.12. The summed E-state index contributed by atoms with van der Waals surface area (Å²) in [5, 5.41) is 20.4. The number of nitrogens with one attached hydrogen (secondary N) is 2. The smallest absolute Gasteiger partial charge is 0.342 e. The molecule has 0 atom stereocenters. The van der Waals surface area contributed by atoms with Gasteiger partial charge in [0.1, 0.15) is 11.6 Å². The van der Waals surface area contributed by atoms with Crippen LogP contribution in [-0.4, -0.2) is 26.8 Å². The number of hydrogen-bond acceptors (Lipinski definition) is 4. The predicted octanol–water partition coefficient (Wildman–Crippen LogP) is 4.77. The summed E-state index contributed by atoms with van der Waals surface area (Å²) in [6, 6.07) is 12.2. The van der Waals surface area contributed by atoms with E-state index in [4.69, 9.17) is 0 Å². The number of aromatic nitrogens is 2. The van der Waals surface area contributed by atoms with E-state index in [9.17, 15) is 19.1 Å². The van der Waals surface area contributed by atoms with Crippen molar-refractivity contribution in [3.63, 3.8) is 0 Å². The molecule has 3 N–H and O–H groups in total. The Kier molecular flexibility index (Phi) is 6.20. The molecule has 1 aliphatic rings. The van der Waals surface area contributed by atoms with Crippen LogP contribution < -0.4 is 10.6 Å². The minimum atomic E-state index is -0.417. The van der Waals surface area contributed by atoms with Crippen molar-refractivity contribution in [3.8, 4) is 17.0 Å². The van der Waals surface area contributed by atoms with E-state index in [1.807, 2.05) is 6.07 Å². The highest BCUT2D eigenvalue weighted by atomic mass is 19.1. The van der Waals surface area contributed by atoms with Gasteiger partial charge in [-0.1, -0.05) is 25.0 Å². The van der Waals surface area contributed by atoms with Gasteiger partial charge >= 0.3 is 6.03 Å². The normalized spacial score (nSPS) is 13.8. The van der Waals surface area contributed by atoms with Gasteiger partial charge in [0.05, 0.1) is 11.4 Å². The lowest BCUT2D eigenvalue weighted by atomic mass is 10.0. The van der Waals surface area contributed by atoms with Gasteiger partial charge in [-0.25, -0.2) is 9.18 Å². The van der Waals surface area contributed by atoms with E-state index >= 15 is 0 Å². The molecule has 0 aliphatic heterocycles. The van der Waals surface area contributed by atoms with Crippen molar-refractivity contribution in [1.29, 1.82) is 0 Å². The third kappa shape index (κ3) is 4.80. The molecule has 0 unspecified atom stereocenters. The molecule has 4 rings (SSSR count). The van der Waals surface area contributed by atoms with E-state index in [0.717, 1.165) is 31.4 Å². The monoisotopic (exact) mass is 436 g/mol. The van der Waals surface area contributed by atoms with Gasteiger partial charge in [0, 0.05) is 30.6 Å². The molecule has 32 heavy (non-hydrogen) atoms. The Balaban J connectivity index is 1.65. The molecule has 166 valence electrons. The molecule has 1 aliphatic carbocycles. The Labute approximate surface area is 185 Å². The zero-order valence-corrected chi connectivity index (χ0v) is 17.8. The van der Waals surface area contributed by atoms with Crippen LogP contribution in [0.1, 0.15) is 49.8 Å². The first-order valence-corrected chi connectivity index (χ1v) is 10.6. The molecular weight excluding hydrogens is 411 g/mol. The first-order chi connectivity index (χ1) is 15.4. The van der Waals surface area contributed by atoms with E-state index in [1.54, 1.807) is 24.3 Å². The maximum atomic E-state index is 13.4. The molecule has 2 aromatic carbocycles. The van der Waals surface area contributed by atoms with Gasteiger partial charge in [-0.2, -0.15) is 9.78 Å². The molecule has 8 heteroatoms. The molecule has 3 aromatic rings. The van der Waals surface area contributed by atoms with Crippen molar-refractivity contribution in [2.45, 2.75) is 45.1 Å². The van der Waals surface area contributed by atoms with Gasteiger partial charge in [0.25, 0.3) is 0 Å².